The normalized spacial score (nSPS) is 20.3. The third kappa shape index (κ3) is 4.67. The molecule has 9 heteroatoms. The first-order chi connectivity index (χ1) is 16.9. The van der Waals surface area contributed by atoms with Gasteiger partial charge in [-0.1, -0.05) is 0 Å². The van der Waals surface area contributed by atoms with Gasteiger partial charge in [-0.2, -0.15) is 4.31 Å². The number of halogens is 1. The average Bonchev–Trinajstić information content (AvgIpc) is 3.32. The molecule has 1 N–H and O–H groups in total. The van der Waals surface area contributed by atoms with Gasteiger partial charge in [-0.15, -0.1) is 0 Å². The van der Waals surface area contributed by atoms with Crippen LogP contribution in [0.4, 0.5) is 4.39 Å². The van der Waals surface area contributed by atoms with Gasteiger partial charge in [-0.25, -0.2) is 12.8 Å². The molecule has 2 aromatic carbocycles. The highest BCUT2D eigenvalue weighted by Crippen LogP contribution is 2.35. The van der Waals surface area contributed by atoms with Crippen LogP contribution in [0.15, 0.2) is 53.6 Å². The predicted octanol–water partition coefficient (Wildman–Crippen LogP) is 4.12. The zero-order chi connectivity index (χ0) is 24.6. The molecule has 35 heavy (non-hydrogen) atoms. The van der Waals surface area contributed by atoms with Crippen molar-refractivity contribution in [2.24, 2.45) is 5.92 Å². The predicted molar refractivity (Wildman–Crippen MR) is 131 cm³/mol. The summed E-state index contributed by atoms with van der Waals surface area (Å²) in [5.74, 6) is 0.367. The third-order valence-corrected chi connectivity index (χ3v) is 9.23. The SMILES string of the molecule is COc1ccc2[nH]cc(C3CCN(C(=O)C4CCCN(S(=O)(=O)c5ccc(F)cc5)C4)CC3)c2c1. The maximum Gasteiger partial charge on any atom is 0.243 e. The van der Waals surface area contributed by atoms with Crippen LogP contribution in [0, 0.1) is 11.7 Å². The van der Waals surface area contributed by atoms with Gasteiger partial charge in [0.05, 0.1) is 17.9 Å². The molecule has 0 radical (unpaired) electrons. The summed E-state index contributed by atoms with van der Waals surface area (Å²) in [5, 5.41) is 1.16. The summed E-state index contributed by atoms with van der Waals surface area (Å²) in [6.45, 7) is 1.85. The van der Waals surface area contributed by atoms with E-state index in [1.807, 2.05) is 17.0 Å². The maximum absolute atomic E-state index is 13.3. The zero-order valence-electron chi connectivity index (χ0n) is 19.7. The van der Waals surface area contributed by atoms with E-state index in [0.717, 1.165) is 41.6 Å². The van der Waals surface area contributed by atoms with Crippen molar-refractivity contribution in [3.05, 3.63) is 60.0 Å². The van der Waals surface area contributed by atoms with Gasteiger partial charge in [-0.3, -0.25) is 4.79 Å². The standard InChI is InChI=1S/C26H30FN3O4S/c1-34-21-6-9-25-23(15-21)24(16-28-25)18-10-13-29(14-11-18)26(31)19-3-2-12-30(17-19)35(32,33)22-7-4-20(27)5-8-22/h4-9,15-16,18-19,28H,2-3,10-14,17H2,1H3. The van der Waals surface area contributed by atoms with Crippen molar-refractivity contribution in [2.75, 3.05) is 33.3 Å². The van der Waals surface area contributed by atoms with E-state index in [2.05, 4.69) is 17.2 Å². The van der Waals surface area contributed by atoms with Gasteiger partial charge in [-0.05, 0) is 79.6 Å². The van der Waals surface area contributed by atoms with Crippen LogP contribution in [0.1, 0.15) is 37.2 Å². The Hall–Kier alpha value is -2.91. The maximum atomic E-state index is 13.3. The van der Waals surface area contributed by atoms with Crippen LogP contribution in [0.3, 0.4) is 0 Å². The highest BCUT2D eigenvalue weighted by molar-refractivity contribution is 7.89. The number of H-pyrrole nitrogens is 1. The molecule has 3 heterocycles. The summed E-state index contributed by atoms with van der Waals surface area (Å²) in [4.78, 5) is 18.6. The number of fused-ring (bicyclic) bond motifs is 1. The largest absolute Gasteiger partial charge is 0.497 e. The lowest BCUT2D eigenvalue weighted by Crippen LogP contribution is -2.48. The average molecular weight is 500 g/mol. The number of rotatable bonds is 5. The Labute approximate surface area is 204 Å². The van der Waals surface area contributed by atoms with Crippen molar-refractivity contribution in [1.82, 2.24) is 14.2 Å². The first kappa shape index (κ1) is 23.8. The van der Waals surface area contributed by atoms with E-state index in [1.165, 1.54) is 22.0 Å². The number of methoxy groups -OCH3 is 1. The molecule has 0 aliphatic carbocycles. The van der Waals surface area contributed by atoms with Gasteiger partial charge in [0.1, 0.15) is 11.6 Å². The first-order valence-corrected chi connectivity index (χ1v) is 13.5. The Bertz CT molecular complexity index is 1310. The van der Waals surface area contributed by atoms with E-state index >= 15 is 0 Å². The lowest BCUT2D eigenvalue weighted by molar-refractivity contribution is -0.137. The van der Waals surface area contributed by atoms with E-state index in [4.69, 9.17) is 4.74 Å². The highest BCUT2D eigenvalue weighted by atomic mass is 32.2. The number of amides is 1. The number of aromatic nitrogens is 1. The zero-order valence-corrected chi connectivity index (χ0v) is 20.6. The van der Waals surface area contributed by atoms with Gasteiger partial charge < -0.3 is 14.6 Å². The van der Waals surface area contributed by atoms with Crippen molar-refractivity contribution in [2.45, 2.75) is 36.5 Å². The minimum Gasteiger partial charge on any atom is -0.497 e. The monoisotopic (exact) mass is 499 g/mol. The van der Waals surface area contributed by atoms with Gasteiger partial charge in [0.25, 0.3) is 0 Å². The van der Waals surface area contributed by atoms with Crippen LogP contribution in [0.5, 0.6) is 5.75 Å². The van der Waals surface area contributed by atoms with Crippen molar-refractivity contribution in [3.8, 4) is 5.75 Å². The number of likely N-dealkylation sites (tertiary alicyclic amines) is 1. The van der Waals surface area contributed by atoms with E-state index in [1.54, 1.807) is 7.11 Å². The van der Waals surface area contributed by atoms with Gasteiger partial charge in [0.15, 0.2) is 0 Å². The van der Waals surface area contributed by atoms with Crippen molar-refractivity contribution in [3.63, 3.8) is 0 Å². The quantitative estimate of drug-likeness (QED) is 0.573. The number of carbonyl (C=O) groups excluding carboxylic acids is 1. The van der Waals surface area contributed by atoms with Gasteiger partial charge >= 0.3 is 0 Å². The fourth-order valence-electron chi connectivity index (χ4n) is 5.37. The molecule has 2 aliphatic heterocycles. The first-order valence-electron chi connectivity index (χ1n) is 12.1. The molecule has 7 nitrogen and oxygen atoms in total. The smallest absolute Gasteiger partial charge is 0.243 e. The molecule has 2 fully saturated rings. The lowest BCUT2D eigenvalue weighted by Gasteiger charge is -2.37. The number of sulfonamides is 1. The Morgan fingerprint density at radius 1 is 1.06 bits per heavy atom. The van der Waals surface area contributed by atoms with Crippen molar-refractivity contribution < 1.29 is 22.3 Å². The number of hydrogen-bond donors (Lipinski definition) is 1. The highest BCUT2D eigenvalue weighted by Gasteiger charge is 2.36. The Balaban J connectivity index is 1.23. The molecule has 0 bridgehead atoms. The Morgan fingerprint density at radius 2 is 1.80 bits per heavy atom. The van der Waals surface area contributed by atoms with Gasteiger partial charge in [0.2, 0.25) is 15.9 Å². The van der Waals surface area contributed by atoms with E-state index in [9.17, 15) is 17.6 Å². The molecule has 5 rings (SSSR count). The molecule has 1 aromatic heterocycles. The van der Waals surface area contributed by atoms with E-state index in [-0.39, 0.29) is 23.3 Å². The second kappa shape index (κ2) is 9.62. The molecule has 0 spiro atoms. The van der Waals surface area contributed by atoms with Crippen molar-refractivity contribution >= 4 is 26.8 Å². The minimum absolute atomic E-state index is 0.0306. The third-order valence-electron chi connectivity index (χ3n) is 7.35. The molecule has 0 saturated carbocycles. The summed E-state index contributed by atoms with van der Waals surface area (Å²) in [7, 11) is -2.10. The van der Waals surface area contributed by atoms with Gasteiger partial charge in [0, 0.05) is 43.3 Å². The lowest BCUT2D eigenvalue weighted by atomic mass is 9.88. The second-order valence-corrected chi connectivity index (χ2v) is 11.3. The summed E-state index contributed by atoms with van der Waals surface area (Å²) in [6, 6.07) is 10.9. The van der Waals surface area contributed by atoms with Crippen LogP contribution >= 0.6 is 0 Å². The Morgan fingerprint density at radius 3 is 2.51 bits per heavy atom. The molecular formula is C26H30FN3O4S. The number of nitrogens with zero attached hydrogens (tertiary/aromatic N) is 2. The number of ether oxygens (including phenoxy) is 1. The number of aromatic amines is 1. The van der Waals surface area contributed by atoms with Crippen LogP contribution in [0.2, 0.25) is 0 Å². The van der Waals surface area contributed by atoms with Crippen LogP contribution in [-0.4, -0.2) is 61.8 Å². The number of nitrogens with one attached hydrogen (secondary N) is 1. The number of piperidine rings is 2. The number of benzene rings is 2. The molecule has 186 valence electrons. The molecule has 3 aromatic rings. The van der Waals surface area contributed by atoms with Crippen LogP contribution < -0.4 is 4.74 Å². The summed E-state index contributed by atoms with van der Waals surface area (Å²) in [6.07, 6.45) is 5.09. The fourth-order valence-corrected chi connectivity index (χ4v) is 6.90. The second-order valence-electron chi connectivity index (χ2n) is 9.41. The topological polar surface area (TPSA) is 82.7 Å². The summed E-state index contributed by atoms with van der Waals surface area (Å²) >= 11 is 0. The molecule has 1 atom stereocenters. The van der Waals surface area contributed by atoms with E-state index < -0.39 is 15.8 Å². The van der Waals surface area contributed by atoms with Crippen molar-refractivity contribution in [1.29, 1.82) is 0 Å². The Kier molecular flexibility index (Phi) is 6.55. The number of hydrogen-bond acceptors (Lipinski definition) is 4. The van der Waals surface area contributed by atoms with Crippen LogP contribution in [0.25, 0.3) is 10.9 Å². The molecule has 1 unspecified atom stereocenters. The summed E-state index contributed by atoms with van der Waals surface area (Å²) < 4.78 is 46.1. The molecule has 1 amide bonds. The molecule has 2 saturated heterocycles. The van der Waals surface area contributed by atoms with Crippen LogP contribution in [-0.2, 0) is 14.8 Å². The fraction of sp³-hybridized carbons (Fsp3) is 0.423. The molecular weight excluding hydrogens is 469 g/mol. The van der Waals surface area contributed by atoms with E-state index in [0.29, 0.717) is 38.4 Å². The minimum atomic E-state index is -3.76. The summed E-state index contributed by atoms with van der Waals surface area (Å²) in [5.41, 5.74) is 2.32. The number of carbonyl (C=O) groups is 1. The molecule has 2 aliphatic rings.